The van der Waals surface area contributed by atoms with E-state index in [1.165, 1.54) is 64.5 Å². The Bertz CT molecular complexity index is 197. The zero-order valence-corrected chi connectivity index (χ0v) is 16.5. The summed E-state index contributed by atoms with van der Waals surface area (Å²) in [6.07, 6.45) is 10.3. The molecular weight excluding hydrogens is 296 g/mol. The molecule has 0 saturated heterocycles. The van der Waals surface area contributed by atoms with Gasteiger partial charge in [-0.15, -0.1) is 0 Å². The van der Waals surface area contributed by atoms with E-state index in [2.05, 4.69) is 37.9 Å². The van der Waals surface area contributed by atoms with Gasteiger partial charge in [0.15, 0.2) is 0 Å². The van der Waals surface area contributed by atoms with Crippen LogP contribution in [0.1, 0.15) is 79.1 Å². The summed E-state index contributed by atoms with van der Waals surface area (Å²) < 4.78 is 0.660. The molecule has 0 spiro atoms. The second-order valence-electron chi connectivity index (χ2n) is 5.48. The van der Waals surface area contributed by atoms with Gasteiger partial charge in [0.2, 0.25) is 0 Å². The maximum Gasteiger partial charge on any atom is 0.0726 e. The number of unbranched alkanes of at least 4 members (excludes halogenated alkanes) is 6. The Hall–Kier alpha value is 0.0700. The van der Waals surface area contributed by atoms with Crippen LogP contribution in [0.4, 0.5) is 0 Å². The van der Waals surface area contributed by atoms with Gasteiger partial charge in [-0.2, -0.15) is 0 Å². The number of quaternary nitrogens is 1. The second-order valence-corrected chi connectivity index (χ2v) is 6.51. The lowest BCUT2D eigenvalue weighted by atomic mass is 10.2. The van der Waals surface area contributed by atoms with Crippen molar-refractivity contribution in [2.24, 2.45) is 0 Å². The smallest absolute Gasteiger partial charge is 0.0726 e. The van der Waals surface area contributed by atoms with Crippen LogP contribution in [0.3, 0.4) is 0 Å². The maximum atomic E-state index is 5.11. The second kappa shape index (κ2) is 20.1. The monoisotopic (exact) mass is 334 g/mol. The normalized spacial score (nSPS) is 9.90. The predicted molar refractivity (Wildman–Crippen MR) is 103 cm³/mol. The number of hydrogen-bond acceptors (Lipinski definition) is 2. The highest BCUT2D eigenvalue weighted by molar-refractivity contribution is 8.00. The Kier molecular flexibility index (Phi) is 22.3. The van der Waals surface area contributed by atoms with E-state index in [1.54, 1.807) is 0 Å². The van der Waals surface area contributed by atoms with Crippen molar-refractivity contribution >= 4 is 29.2 Å². The van der Waals surface area contributed by atoms with Crippen LogP contribution in [0.15, 0.2) is 0 Å². The van der Waals surface area contributed by atoms with Crippen molar-refractivity contribution < 1.29 is 5.32 Å². The first-order valence-corrected chi connectivity index (χ1v) is 9.73. The van der Waals surface area contributed by atoms with E-state index in [9.17, 15) is 0 Å². The van der Waals surface area contributed by atoms with Crippen molar-refractivity contribution in [2.75, 3.05) is 26.2 Å². The molecule has 128 valence electrons. The summed E-state index contributed by atoms with van der Waals surface area (Å²) in [6.45, 7) is 13.4. The summed E-state index contributed by atoms with van der Waals surface area (Å²) >= 11 is 10.2. The lowest BCUT2D eigenvalue weighted by Crippen LogP contribution is -2.82. The van der Waals surface area contributed by atoms with Gasteiger partial charge in [-0.25, -0.2) is 0 Å². The van der Waals surface area contributed by atoms with E-state index in [1.807, 2.05) is 0 Å². The van der Waals surface area contributed by atoms with E-state index in [-0.39, 0.29) is 0 Å². The minimum atomic E-state index is 0.660. The summed E-state index contributed by atoms with van der Waals surface area (Å²) in [5.74, 6) is 0. The molecule has 0 fully saturated rings. The Morgan fingerprint density at radius 2 is 1.24 bits per heavy atom. The molecule has 0 amide bonds. The Balaban J connectivity index is 0. The molecule has 0 aliphatic rings. The van der Waals surface area contributed by atoms with Gasteiger partial charge in [0.05, 0.1) is 13.1 Å². The lowest BCUT2D eigenvalue weighted by molar-refractivity contribution is -0.648. The van der Waals surface area contributed by atoms with Crippen molar-refractivity contribution in [3.05, 3.63) is 0 Å². The van der Waals surface area contributed by atoms with E-state index < -0.39 is 0 Å². The molecule has 0 unspecified atom stereocenters. The third-order valence-electron chi connectivity index (χ3n) is 3.40. The molecule has 4 heteroatoms. The van der Waals surface area contributed by atoms with Gasteiger partial charge in [-0.1, -0.05) is 56.7 Å². The predicted octanol–water partition coefficient (Wildman–Crippen LogP) is 3.87. The molecule has 0 aliphatic carbocycles. The summed E-state index contributed by atoms with van der Waals surface area (Å²) in [6, 6.07) is 0. The summed E-state index contributed by atoms with van der Waals surface area (Å²) in [7, 11) is 0. The fourth-order valence-corrected chi connectivity index (χ4v) is 2.41. The van der Waals surface area contributed by atoms with Crippen molar-refractivity contribution in [1.29, 1.82) is 0 Å². The molecule has 2 nitrogen and oxygen atoms in total. The van der Waals surface area contributed by atoms with Gasteiger partial charge in [-0.05, 0) is 26.7 Å². The van der Waals surface area contributed by atoms with Crippen LogP contribution in [0.2, 0.25) is 0 Å². The zero-order valence-electron chi connectivity index (χ0n) is 14.8. The highest BCUT2D eigenvalue weighted by Gasteiger charge is 2.00. The van der Waals surface area contributed by atoms with Crippen LogP contribution < -0.4 is 5.32 Å². The van der Waals surface area contributed by atoms with Gasteiger partial charge in [0.25, 0.3) is 0 Å². The van der Waals surface area contributed by atoms with Crippen LogP contribution in [0.25, 0.3) is 0 Å². The molecule has 0 aliphatic heterocycles. The molecule has 2 N–H and O–H groups in total. The summed E-state index contributed by atoms with van der Waals surface area (Å²) in [5.41, 5.74) is 0. The molecule has 21 heavy (non-hydrogen) atoms. The molecule has 0 heterocycles. The average molecular weight is 335 g/mol. The third kappa shape index (κ3) is 20.1. The molecule has 0 radical (unpaired) electrons. The first-order valence-electron chi connectivity index (χ1n) is 8.91. The molecule has 0 atom stereocenters. The summed E-state index contributed by atoms with van der Waals surface area (Å²) in [4.78, 5) is 2.20. The zero-order chi connectivity index (χ0) is 16.3. The minimum absolute atomic E-state index is 0.660. The summed E-state index contributed by atoms with van der Waals surface area (Å²) in [5, 5.41) is 2.25. The van der Waals surface area contributed by atoms with E-state index in [0.29, 0.717) is 4.32 Å². The van der Waals surface area contributed by atoms with Crippen LogP contribution in [-0.4, -0.2) is 35.4 Å². The largest absolute Gasteiger partial charge is 0.411 e. The number of hydrogen-bond donors (Lipinski definition) is 1. The average Bonchev–Trinajstić information content (AvgIpc) is 2.47. The topological polar surface area (TPSA) is 19.9 Å². The lowest BCUT2D eigenvalue weighted by Gasteiger charge is -2.28. The molecular formula is C17H38N2S2. The fraction of sp³-hybridized carbons (Fsp3) is 0.941. The third-order valence-corrected chi connectivity index (χ3v) is 3.92. The van der Waals surface area contributed by atoms with E-state index in [0.717, 1.165) is 13.1 Å². The molecule has 0 aromatic heterocycles. The maximum absolute atomic E-state index is 5.11. The molecule has 0 bridgehead atoms. The molecule has 0 rings (SSSR count). The number of nitrogens with zero attached hydrogens (tertiary/aromatic N) is 1. The van der Waals surface area contributed by atoms with Crippen molar-refractivity contribution in [1.82, 2.24) is 4.90 Å². The minimum Gasteiger partial charge on any atom is -0.411 e. The fourth-order valence-electron chi connectivity index (χ4n) is 2.04. The highest BCUT2D eigenvalue weighted by Crippen LogP contribution is 2.05. The van der Waals surface area contributed by atoms with Gasteiger partial charge in [0, 0.05) is 13.1 Å². The standard InChI is InChI=1S/C13H27NS2.C4H11N/c1-3-5-7-9-11-14(13(15)16)12-10-8-6-4-2;1-3-5-4-2/h3-12H2,1-2H3,(H,15,16);5H,3-4H2,1-2H3. The Morgan fingerprint density at radius 1 is 0.810 bits per heavy atom. The van der Waals surface area contributed by atoms with Crippen LogP contribution in [-0.2, 0) is 12.6 Å². The Labute approximate surface area is 144 Å². The van der Waals surface area contributed by atoms with Crippen molar-refractivity contribution in [2.45, 2.75) is 79.1 Å². The van der Waals surface area contributed by atoms with Gasteiger partial charge in [0.1, 0.15) is 0 Å². The van der Waals surface area contributed by atoms with Gasteiger partial charge >= 0.3 is 0 Å². The van der Waals surface area contributed by atoms with Crippen molar-refractivity contribution in [3.8, 4) is 0 Å². The van der Waals surface area contributed by atoms with Crippen LogP contribution in [0.5, 0.6) is 0 Å². The SMILES string of the molecule is CCCCCCN(CCCCCC)C(=S)[S-].CC[NH2+]CC. The highest BCUT2D eigenvalue weighted by atomic mass is 32.1. The molecule has 0 saturated carbocycles. The molecule has 0 aromatic carbocycles. The van der Waals surface area contributed by atoms with E-state index in [4.69, 9.17) is 24.8 Å². The first kappa shape index (κ1) is 23.3. The van der Waals surface area contributed by atoms with Crippen molar-refractivity contribution in [3.63, 3.8) is 0 Å². The molecule has 0 aromatic rings. The number of thiocarbonyl (C=S) groups is 1. The van der Waals surface area contributed by atoms with Crippen LogP contribution in [0, 0.1) is 0 Å². The van der Waals surface area contributed by atoms with Crippen LogP contribution >= 0.6 is 12.2 Å². The van der Waals surface area contributed by atoms with Gasteiger partial charge < -0.3 is 35.1 Å². The quantitative estimate of drug-likeness (QED) is 0.332. The first-order chi connectivity index (χ1) is 10.1. The van der Waals surface area contributed by atoms with E-state index >= 15 is 0 Å². The Morgan fingerprint density at radius 3 is 1.48 bits per heavy atom. The van der Waals surface area contributed by atoms with Gasteiger partial charge in [-0.3, -0.25) is 0 Å². The number of nitrogens with two attached hydrogens (primary N) is 1. The number of rotatable bonds is 12.